The van der Waals surface area contributed by atoms with Crippen LogP contribution in [0.3, 0.4) is 0 Å². The number of rotatable bonds is 7. The molecule has 114 valence electrons. The highest BCUT2D eigenvalue weighted by molar-refractivity contribution is 5.82. The maximum Gasteiger partial charge on any atom is 0.0708 e. The number of nitrogens with one attached hydrogen (secondary N) is 1. The summed E-state index contributed by atoms with van der Waals surface area (Å²) in [7, 11) is 0. The Hall–Kier alpha value is -1.41. The molecule has 0 aliphatic heterocycles. The van der Waals surface area contributed by atoms with Crippen LogP contribution in [-0.2, 0) is 0 Å². The summed E-state index contributed by atoms with van der Waals surface area (Å²) in [4.78, 5) is 4.94. The molecule has 21 heavy (non-hydrogen) atoms. The SMILES string of the molecule is CCCNC(c1cc(C)c2ccccc2n1)C(CC)CC. The van der Waals surface area contributed by atoms with E-state index in [1.54, 1.807) is 0 Å². The molecule has 2 heteroatoms. The number of aryl methyl sites for hydroxylation is 1. The molecule has 0 saturated carbocycles. The van der Waals surface area contributed by atoms with Crippen molar-refractivity contribution in [3.8, 4) is 0 Å². The lowest BCUT2D eigenvalue weighted by atomic mass is 9.90. The van der Waals surface area contributed by atoms with E-state index in [0.29, 0.717) is 12.0 Å². The van der Waals surface area contributed by atoms with Crippen LogP contribution in [-0.4, -0.2) is 11.5 Å². The average Bonchev–Trinajstić information content (AvgIpc) is 2.51. The molecule has 1 aromatic carbocycles. The van der Waals surface area contributed by atoms with E-state index in [4.69, 9.17) is 4.98 Å². The first kappa shape index (κ1) is 16.0. The van der Waals surface area contributed by atoms with E-state index >= 15 is 0 Å². The van der Waals surface area contributed by atoms with Gasteiger partial charge in [0.05, 0.1) is 17.3 Å². The van der Waals surface area contributed by atoms with E-state index < -0.39 is 0 Å². The third-order valence-corrected chi connectivity index (χ3v) is 4.40. The first-order valence-electron chi connectivity index (χ1n) is 8.30. The minimum absolute atomic E-state index is 0.364. The number of hydrogen-bond acceptors (Lipinski definition) is 2. The second-order valence-electron chi connectivity index (χ2n) is 5.89. The largest absolute Gasteiger partial charge is 0.308 e. The summed E-state index contributed by atoms with van der Waals surface area (Å²) in [6.45, 7) is 10.0. The standard InChI is InChI=1S/C19H28N2/c1-5-12-20-19(15(6-2)7-3)18-13-14(4)16-10-8-9-11-17(16)21-18/h8-11,13,15,19-20H,5-7,12H2,1-4H3. The normalized spacial score (nSPS) is 13.0. The van der Waals surface area contributed by atoms with Crippen LogP contribution < -0.4 is 5.32 Å². The molecule has 0 aliphatic carbocycles. The Morgan fingerprint density at radius 2 is 1.81 bits per heavy atom. The number of aromatic nitrogens is 1. The molecular weight excluding hydrogens is 256 g/mol. The molecule has 1 atom stereocenters. The Bertz CT molecular complexity index is 573. The number of pyridine rings is 1. The summed E-state index contributed by atoms with van der Waals surface area (Å²) in [6, 6.07) is 11.1. The fraction of sp³-hybridized carbons (Fsp3) is 0.526. The number of hydrogen-bond donors (Lipinski definition) is 1. The zero-order chi connectivity index (χ0) is 15.2. The number of nitrogens with zero attached hydrogens (tertiary/aromatic N) is 1. The van der Waals surface area contributed by atoms with Crippen molar-refractivity contribution in [3.63, 3.8) is 0 Å². The van der Waals surface area contributed by atoms with Gasteiger partial charge in [0.15, 0.2) is 0 Å². The summed E-state index contributed by atoms with van der Waals surface area (Å²) in [5.41, 5.74) is 3.64. The second-order valence-corrected chi connectivity index (χ2v) is 5.89. The van der Waals surface area contributed by atoms with Gasteiger partial charge in [-0.25, -0.2) is 0 Å². The monoisotopic (exact) mass is 284 g/mol. The first-order chi connectivity index (χ1) is 10.2. The predicted octanol–water partition coefficient (Wildman–Crippen LogP) is 5.02. The molecule has 0 fully saturated rings. The molecule has 2 rings (SSSR count). The van der Waals surface area contributed by atoms with Crippen LogP contribution in [0, 0.1) is 12.8 Å². The minimum Gasteiger partial charge on any atom is -0.308 e. The second kappa shape index (κ2) is 7.56. The van der Waals surface area contributed by atoms with Gasteiger partial charge in [-0.1, -0.05) is 51.8 Å². The first-order valence-corrected chi connectivity index (χ1v) is 8.30. The number of para-hydroxylation sites is 1. The van der Waals surface area contributed by atoms with E-state index in [1.807, 2.05) is 0 Å². The van der Waals surface area contributed by atoms with Gasteiger partial charge in [0, 0.05) is 5.39 Å². The number of fused-ring (bicyclic) bond motifs is 1. The lowest BCUT2D eigenvalue weighted by Gasteiger charge is -2.26. The molecule has 2 aromatic rings. The quantitative estimate of drug-likeness (QED) is 0.772. The summed E-state index contributed by atoms with van der Waals surface area (Å²) in [5.74, 6) is 0.643. The van der Waals surface area contributed by atoms with Crippen molar-refractivity contribution in [1.29, 1.82) is 0 Å². The molecule has 1 unspecified atom stereocenters. The Morgan fingerprint density at radius 3 is 2.48 bits per heavy atom. The van der Waals surface area contributed by atoms with Crippen molar-refractivity contribution in [3.05, 3.63) is 41.6 Å². The third kappa shape index (κ3) is 3.62. The van der Waals surface area contributed by atoms with Crippen LogP contribution in [0.5, 0.6) is 0 Å². The van der Waals surface area contributed by atoms with Gasteiger partial charge in [-0.05, 0) is 43.5 Å². The molecule has 1 heterocycles. The molecule has 1 N–H and O–H groups in total. The average molecular weight is 284 g/mol. The zero-order valence-corrected chi connectivity index (χ0v) is 13.8. The van der Waals surface area contributed by atoms with E-state index in [2.05, 4.69) is 63.3 Å². The predicted molar refractivity (Wildman–Crippen MR) is 91.6 cm³/mol. The Kier molecular flexibility index (Phi) is 5.75. The lowest BCUT2D eigenvalue weighted by Crippen LogP contribution is -2.29. The molecule has 0 spiro atoms. The Morgan fingerprint density at radius 1 is 1.10 bits per heavy atom. The minimum atomic E-state index is 0.364. The van der Waals surface area contributed by atoms with Crippen LogP contribution in [0.2, 0.25) is 0 Å². The zero-order valence-electron chi connectivity index (χ0n) is 13.8. The topological polar surface area (TPSA) is 24.9 Å². The van der Waals surface area contributed by atoms with Gasteiger partial charge in [0.25, 0.3) is 0 Å². The Balaban J connectivity index is 2.43. The van der Waals surface area contributed by atoms with Gasteiger partial charge in [-0.15, -0.1) is 0 Å². The van der Waals surface area contributed by atoms with Crippen LogP contribution >= 0.6 is 0 Å². The van der Waals surface area contributed by atoms with E-state index in [-0.39, 0.29) is 0 Å². The maximum atomic E-state index is 4.94. The van der Waals surface area contributed by atoms with E-state index in [9.17, 15) is 0 Å². The highest BCUT2D eigenvalue weighted by Crippen LogP contribution is 2.29. The van der Waals surface area contributed by atoms with Gasteiger partial charge in [0.1, 0.15) is 0 Å². The van der Waals surface area contributed by atoms with E-state index in [1.165, 1.54) is 29.5 Å². The van der Waals surface area contributed by atoms with Gasteiger partial charge < -0.3 is 5.32 Å². The summed E-state index contributed by atoms with van der Waals surface area (Å²) < 4.78 is 0. The van der Waals surface area contributed by atoms with Crippen molar-refractivity contribution in [2.45, 2.75) is 53.0 Å². The fourth-order valence-corrected chi connectivity index (χ4v) is 3.11. The van der Waals surface area contributed by atoms with Crippen molar-refractivity contribution >= 4 is 10.9 Å². The molecule has 0 bridgehead atoms. The van der Waals surface area contributed by atoms with Crippen LogP contribution in [0.15, 0.2) is 30.3 Å². The van der Waals surface area contributed by atoms with Crippen LogP contribution in [0.4, 0.5) is 0 Å². The van der Waals surface area contributed by atoms with Crippen molar-refractivity contribution in [2.24, 2.45) is 5.92 Å². The summed E-state index contributed by atoms with van der Waals surface area (Å²) in [6.07, 6.45) is 3.53. The maximum absolute atomic E-state index is 4.94. The summed E-state index contributed by atoms with van der Waals surface area (Å²) >= 11 is 0. The van der Waals surface area contributed by atoms with Crippen LogP contribution in [0.25, 0.3) is 10.9 Å². The fourth-order valence-electron chi connectivity index (χ4n) is 3.11. The molecule has 0 aliphatic rings. The summed E-state index contributed by atoms with van der Waals surface area (Å²) in [5, 5.41) is 4.98. The Labute approximate surface area is 129 Å². The lowest BCUT2D eigenvalue weighted by molar-refractivity contribution is 0.336. The highest BCUT2D eigenvalue weighted by Gasteiger charge is 2.21. The molecule has 1 aromatic heterocycles. The van der Waals surface area contributed by atoms with E-state index in [0.717, 1.165) is 18.5 Å². The van der Waals surface area contributed by atoms with Gasteiger partial charge in [0.2, 0.25) is 0 Å². The van der Waals surface area contributed by atoms with Crippen LogP contribution in [0.1, 0.15) is 57.3 Å². The van der Waals surface area contributed by atoms with Crippen molar-refractivity contribution in [1.82, 2.24) is 10.3 Å². The molecule has 0 amide bonds. The highest BCUT2D eigenvalue weighted by atomic mass is 14.9. The molecule has 0 saturated heterocycles. The van der Waals surface area contributed by atoms with Gasteiger partial charge in [-0.2, -0.15) is 0 Å². The number of benzene rings is 1. The van der Waals surface area contributed by atoms with Crippen molar-refractivity contribution < 1.29 is 0 Å². The molecular formula is C19H28N2. The third-order valence-electron chi connectivity index (χ3n) is 4.40. The smallest absolute Gasteiger partial charge is 0.0708 e. The van der Waals surface area contributed by atoms with Gasteiger partial charge in [-0.3, -0.25) is 4.98 Å². The molecule has 0 radical (unpaired) electrons. The molecule has 2 nitrogen and oxygen atoms in total. The van der Waals surface area contributed by atoms with Gasteiger partial charge >= 0.3 is 0 Å². The van der Waals surface area contributed by atoms with Crippen molar-refractivity contribution in [2.75, 3.05) is 6.54 Å².